The number of anilines is 1. The zero-order valence-corrected chi connectivity index (χ0v) is 12.3. The third-order valence-corrected chi connectivity index (χ3v) is 2.59. The van der Waals surface area contributed by atoms with Gasteiger partial charge in [-0.2, -0.15) is 4.98 Å². The summed E-state index contributed by atoms with van der Waals surface area (Å²) in [6.07, 6.45) is 4.89. The minimum Gasteiger partial charge on any atom is -0.478 e. The minimum absolute atomic E-state index is 0.291. The molecule has 1 N–H and O–H groups in total. The molecule has 0 aliphatic carbocycles. The van der Waals surface area contributed by atoms with Crippen molar-refractivity contribution in [3.05, 3.63) is 24.5 Å². The summed E-state index contributed by atoms with van der Waals surface area (Å²) >= 11 is 0. The molecule has 4 nitrogen and oxygen atoms in total. The molecule has 1 aromatic heterocycles. The van der Waals surface area contributed by atoms with Gasteiger partial charge in [0.15, 0.2) is 0 Å². The molecule has 0 saturated heterocycles. The van der Waals surface area contributed by atoms with Crippen LogP contribution in [-0.2, 0) is 0 Å². The molecule has 0 unspecified atom stereocenters. The first-order valence-corrected chi connectivity index (χ1v) is 7.04. The SMILES string of the molecule is C=CCCCOc1cc(NCCC)nc(C(C)C)n1. The smallest absolute Gasteiger partial charge is 0.218 e. The fraction of sp³-hybridized carbons (Fsp3) is 0.600. The molecule has 0 amide bonds. The Kier molecular flexibility index (Phi) is 6.93. The van der Waals surface area contributed by atoms with E-state index in [0.717, 1.165) is 37.4 Å². The van der Waals surface area contributed by atoms with Gasteiger partial charge >= 0.3 is 0 Å². The fourth-order valence-electron chi connectivity index (χ4n) is 1.52. The Balaban J connectivity index is 2.71. The highest BCUT2D eigenvalue weighted by Gasteiger charge is 2.08. The number of ether oxygens (including phenoxy) is 1. The first kappa shape index (κ1) is 15.5. The van der Waals surface area contributed by atoms with Crippen LogP contribution in [-0.4, -0.2) is 23.1 Å². The van der Waals surface area contributed by atoms with E-state index in [0.29, 0.717) is 18.4 Å². The zero-order valence-electron chi connectivity index (χ0n) is 12.3. The number of hydrogen-bond acceptors (Lipinski definition) is 4. The van der Waals surface area contributed by atoms with Crippen LogP contribution in [0.5, 0.6) is 5.88 Å². The Labute approximate surface area is 116 Å². The number of nitrogens with one attached hydrogen (secondary N) is 1. The van der Waals surface area contributed by atoms with E-state index in [4.69, 9.17) is 4.74 Å². The van der Waals surface area contributed by atoms with Crippen molar-refractivity contribution in [2.45, 2.75) is 46.0 Å². The van der Waals surface area contributed by atoms with Crippen LogP contribution in [0.15, 0.2) is 18.7 Å². The average molecular weight is 263 g/mol. The van der Waals surface area contributed by atoms with Crippen molar-refractivity contribution in [1.82, 2.24) is 9.97 Å². The highest BCUT2D eigenvalue weighted by molar-refractivity contribution is 5.38. The van der Waals surface area contributed by atoms with E-state index in [9.17, 15) is 0 Å². The molecular weight excluding hydrogens is 238 g/mol. The largest absolute Gasteiger partial charge is 0.478 e. The maximum atomic E-state index is 5.68. The van der Waals surface area contributed by atoms with Gasteiger partial charge in [0.1, 0.15) is 11.6 Å². The highest BCUT2D eigenvalue weighted by Crippen LogP contribution is 2.18. The Hall–Kier alpha value is -1.58. The lowest BCUT2D eigenvalue weighted by molar-refractivity contribution is 0.298. The number of aromatic nitrogens is 2. The average Bonchev–Trinajstić information content (AvgIpc) is 2.41. The number of unbranched alkanes of at least 4 members (excludes halogenated alkanes) is 1. The van der Waals surface area contributed by atoms with Crippen molar-refractivity contribution in [3.8, 4) is 5.88 Å². The van der Waals surface area contributed by atoms with Crippen LogP contribution in [0.25, 0.3) is 0 Å². The molecule has 1 rings (SSSR count). The van der Waals surface area contributed by atoms with E-state index in [-0.39, 0.29) is 0 Å². The molecular formula is C15H25N3O. The first-order chi connectivity index (χ1) is 9.17. The van der Waals surface area contributed by atoms with E-state index in [2.05, 4.69) is 42.6 Å². The first-order valence-electron chi connectivity index (χ1n) is 7.04. The molecule has 0 atom stereocenters. The Bertz CT molecular complexity index is 391. The highest BCUT2D eigenvalue weighted by atomic mass is 16.5. The topological polar surface area (TPSA) is 47.0 Å². The fourth-order valence-corrected chi connectivity index (χ4v) is 1.52. The molecule has 0 aliphatic rings. The number of rotatable bonds is 9. The quantitative estimate of drug-likeness (QED) is 0.544. The summed E-state index contributed by atoms with van der Waals surface area (Å²) in [5.74, 6) is 2.61. The van der Waals surface area contributed by atoms with Crippen molar-refractivity contribution in [2.75, 3.05) is 18.5 Å². The molecule has 106 valence electrons. The van der Waals surface area contributed by atoms with Crippen LogP contribution in [0.2, 0.25) is 0 Å². The van der Waals surface area contributed by atoms with E-state index in [1.807, 2.05) is 12.1 Å². The summed E-state index contributed by atoms with van der Waals surface area (Å²) in [4.78, 5) is 8.94. The van der Waals surface area contributed by atoms with Crippen molar-refractivity contribution < 1.29 is 4.74 Å². The van der Waals surface area contributed by atoms with Crippen molar-refractivity contribution >= 4 is 5.82 Å². The van der Waals surface area contributed by atoms with Gasteiger partial charge in [-0.15, -0.1) is 6.58 Å². The van der Waals surface area contributed by atoms with Crippen LogP contribution >= 0.6 is 0 Å². The lowest BCUT2D eigenvalue weighted by Crippen LogP contribution is -2.08. The molecule has 19 heavy (non-hydrogen) atoms. The molecule has 1 aromatic rings. The zero-order chi connectivity index (χ0) is 14.1. The van der Waals surface area contributed by atoms with Gasteiger partial charge in [-0.3, -0.25) is 0 Å². The van der Waals surface area contributed by atoms with Gasteiger partial charge in [0.05, 0.1) is 6.61 Å². The molecule has 4 heteroatoms. The van der Waals surface area contributed by atoms with Crippen molar-refractivity contribution in [1.29, 1.82) is 0 Å². The van der Waals surface area contributed by atoms with Gasteiger partial charge in [0.2, 0.25) is 5.88 Å². The van der Waals surface area contributed by atoms with Gasteiger partial charge in [-0.05, 0) is 19.3 Å². The second-order valence-electron chi connectivity index (χ2n) is 4.81. The lowest BCUT2D eigenvalue weighted by Gasteiger charge is -2.12. The van der Waals surface area contributed by atoms with Crippen LogP contribution in [0.4, 0.5) is 5.82 Å². The molecule has 1 heterocycles. The molecule has 0 bridgehead atoms. The lowest BCUT2D eigenvalue weighted by atomic mass is 10.2. The molecule has 0 fully saturated rings. The summed E-state index contributed by atoms with van der Waals surface area (Å²) in [7, 11) is 0. The summed E-state index contributed by atoms with van der Waals surface area (Å²) < 4.78 is 5.68. The Morgan fingerprint density at radius 1 is 1.42 bits per heavy atom. The van der Waals surface area contributed by atoms with E-state index in [1.54, 1.807) is 0 Å². The second kappa shape index (κ2) is 8.51. The van der Waals surface area contributed by atoms with Gasteiger partial charge in [0, 0.05) is 18.5 Å². The van der Waals surface area contributed by atoms with Crippen LogP contribution in [0.3, 0.4) is 0 Å². The van der Waals surface area contributed by atoms with Crippen molar-refractivity contribution in [3.63, 3.8) is 0 Å². The van der Waals surface area contributed by atoms with Gasteiger partial charge in [0.25, 0.3) is 0 Å². The van der Waals surface area contributed by atoms with Crippen molar-refractivity contribution in [2.24, 2.45) is 0 Å². The van der Waals surface area contributed by atoms with Gasteiger partial charge in [-0.25, -0.2) is 4.98 Å². The summed E-state index contributed by atoms with van der Waals surface area (Å²) in [6, 6.07) is 1.87. The maximum absolute atomic E-state index is 5.68. The molecule has 0 aliphatic heterocycles. The predicted octanol–water partition coefficient (Wildman–Crippen LogP) is 3.77. The van der Waals surface area contributed by atoms with Crippen LogP contribution in [0.1, 0.15) is 51.8 Å². The summed E-state index contributed by atoms with van der Waals surface area (Å²) in [6.45, 7) is 11.6. The third-order valence-electron chi connectivity index (χ3n) is 2.59. The monoisotopic (exact) mass is 263 g/mol. The minimum atomic E-state index is 0.291. The predicted molar refractivity (Wildman–Crippen MR) is 79.8 cm³/mol. The molecule has 0 radical (unpaired) electrons. The molecule has 0 saturated carbocycles. The second-order valence-corrected chi connectivity index (χ2v) is 4.81. The van der Waals surface area contributed by atoms with Gasteiger partial charge in [-0.1, -0.05) is 26.8 Å². The van der Waals surface area contributed by atoms with E-state index in [1.165, 1.54) is 0 Å². The van der Waals surface area contributed by atoms with Crippen LogP contribution < -0.4 is 10.1 Å². The van der Waals surface area contributed by atoms with E-state index >= 15 is 0 Å². The molecule has 0 aromatic carbocycles. The summed E-state index contributed by atoms with van der Waals surface area (Å²) in [5.41, 5.74) is 0. The van der Waals surface area contributed by atoms with Gasteiger partial charge < -0.3 is 10.1 Å². The standard InChI is InChI=1S/C15H25N3O/c1-5-7-8-10-19-14-11-13(16-9-6-2)17-15(18-14)12(3)4/h5,11-12H,1,6-10H2,2-4H3,(H,16,17,18). The summed E-state index contributed by atoms with van der Waals surface area (Å²) in [5, 5.41) is 3.28. The van der Waals surface area contributed by atoms with E-state index < -0.39 is 0 Å². The Morgan fingerprint density at radius 2 is 2.21 bits per heavy atom. The normalized spacial score (nSPS) is 10.5. The number of nitrogens with zero attached hydrogens (tertiary/aromatic N) is 2. The third kappa shape index (κ3) is 5.73. The maximum Gasteiger partial charge on any atom is 0.218 e. The number of allylic oxidation sites excluding steroid dienone is 1. The number of hydrogen-bond donors (Lipinski definition) is 1. The van der Waals surface area contributed by atoms with Crippen LogP contribution in [0, 0.1) is 0 Å². The Morgan fingerprint density at radius 3 is 2.84 bits per heavy atom. The molecule has 0 spiro atoms.